The first-order chi connectivity index (χ1) is 9.45. The van der Waals surface area contributed by atoms with E-state index in [1.807, 2.05) is 19.9 Å². The topological polar surface area (TPSA) is 77.1 Å². The Morgan fingerprint density at radius 3 is 2.80 bits per heavy atom. The zero-order valence-electron chi connectivity index (χ0n) is 11.9. The maximum Gasteiger partial charge on any atom is 0.256 e. The van der Waals surface area contributed by atoms with E-state index in [1.165, 1.54) is 0 Å². The largest absolute Gasteiger partial charge is 0.398 e. The number of amides is 1. The molecule has 0 aliphatic carbocycles. The van der Waals surface area contributed by atoms with Gasteiger partial charge in [0.05, 0.1) is 10.9 Å². The van der Waals surface area contributed by atoms with Crippen LogP contribution in [-0.2, 0) is 7.05 Å². The van der Waals surface area contributed by atoms with Crippen LogP contribution in [-0.4, -0.2) is 16.5 Å². The number of aryl methyl sites for hydroxylation is 1. The highest BCUT2D eigenvalue weighted by molar-refractivity contribution is 6.00. The molecule has 1 atom stereocenters. The normalized spacial score (nSPS) is 12.3. The number of nitrogens with two attached hydrogens (primary N) is 1. The minimum Gasteiger partial charge on any atom is -0.398 e. The molecular formula is C15H19N3O2. The Labute approximate surface area is 117 Å². The number of hydrogen-bond acceptors (Lipinski definition) is 3. The third kappa shape index (κ3) is 2.39. The lowest BCUT2D eigenvalue weighted by Crippen LogP contribution is -2.35. The molecule has 106 valence electrons. The van der Waals surface area contributed by atoms with Crippen LogP contribution in [0.2, 0.25) is 0 Å². The van der Waals surface area contributed by atoms with Crippen molar-refractivity contribution in [3.05, 3.63) is 40.2 Å². The van der Waals surface area contributed by atoms with Gasteiger partial charge >= 0.3 is 0 Å². The van der Waals surface area contributed by atoms with Gasteiger partial charge in [0.1, 0.15) is 5.56 Å². The van der Waals surface area contributed by atoms with Crippen LogP contribution in [0.3, 0.4) is 0 Å². The number of rotatable bonds is 3. The van der Waals surface area contributed by atoms with Gasteiger partial charge in [-0.1, -0.05) is 13.0 Å². The van der Waals surface area contributed by atoms with Crippen molar-refractivity contribution in [2.24, 2.45) is 7.05 Å². The van der Waals surface area contributed by atoms with Gasteiger partial charge in [0.25, 0.3) is 5.91 Å². The van der Waals surface area contributed by atoms with Crippen molar-refractivity contribution in [1.82, 2.24) is 9.88 Å². The Morgan fingerprint density at radius 2 is 2.15 bits per heavy atom. The van der Waals surface area contributed by atoms with Gasteiger partial charge in [-0.25, -0.2) is 0 Å². The highest BCUT2D eigenvalue weighted by Gasteiger charge is 2.16. The molecule has 2 aromatic rings. The van der Waals surface area contributed by atoms with Crippen molar-refractivity contribution in [3.8, 4) is 0 Å². The minimum absolute atomic E-state index is 0.0241. The van der Waals surface area contributed by atoms with E-state index in [4.69, 9.17) is 5.73 Å². The summed E-state index contributed by atoms with van der Waals surface area (Å²) in [6.45, 7) is 3.87. The zero-order valence-corrected chi connectivity index (χ0v) is 11.9. The Morgan fingerprint density at radius 1 is 1.45 bits per heavy atom. The molecule has 0 saturated heterocycles. The minimum atomic E-state index is -0.356. The highest BCUT2D eigenvalue weighted by atomic mass is 16.2. The second-order valence-electron chi connectivity index (χ2n) is 5.01. The molecule has 20 heavy (non-hydrogen) atoms. The van der Waals surface area contributed by atoms with E-state index in [9.17, 15) is 9.59 Å². The van der Waals surface area contributed by atoms with Crippen molar-refractivity contribution in [2.75, 3.05) is 5.73 Å². The summed E-state index contributed by atoms with van der Waals surface area (Å²) in [7, 11) is 1.79. The van der Waals surface area contributed by atoms with Gasteiger partial charge in [0, 0.05) is 25.0 Å². The molecule has 0 fully saturated rings. The zero-order chi connectivity index (χ0) is 14.9. The number of fused-ring (bicyclic) bond motifs is 1. The maximum atomic E-state index is 12.5. The van der Waals surface area contributed by atoms with E-state index in [0.717, 1.165) is 11.9 Å². The van der Waals surface area contributed by atoms with Gasteiger partial charge in [0.15, 0.2) is 0 Å². The van der Waals surface area contributed by atoms with Crippen LogP contribution in [0.1, 0.15) is 30.6 Å². The molecule has 1 amide bonds. The molecule has 5 heteroatoms. The monoisotopic (exact) mass is 273 g/mol. The average Bonchev–Trinajstić information content (AvgIpc) is 2.42. The first-order valence-corrected chi connectivity index (χ1v) is 6.64. The number of carbonyl (C=O) groups is 1. The van der Waals surface area contributed by atoms with Crippen molar-refractivity contribution in [2.45, 2.75) is 26.3 Å². The molecule has 1 aromatic carbocycles. The lowest BCUT2D eigenvalue weighted by atomic mass is 10.1. The smallest absolute Gasteiger partial charge is 0.256 e. The van der Waals surface area contributed by atoms with E-state index in [2.05, 4.69) is 5.32 Å². The van der Waals surface area contributed by atoms with Gasteiger partial charge in [-0.15, -0.1) is 0 Å². The maximum absolute atomic E-state index is 12.5. The first kappa shape index (κ1) is 14.1. The Kier molecular flexibility index (Phi) is 3.79. The van der Waals surface area contributed by atoms with Crippen molar-refractivity contribution < 1.29 is 4.79 Å². The van der Waals surface area contributed by atoms with Gasteiger partial charge < -0.3 is 15.6 Å². The molecule has 0 aliphatic rings. The van der Waals surface area contributed by atoms with Crippen molar-refractivity contribution in [1.29, 1.82) is 0 Å². The molecule has 0 bridgehead atoms. The quantitative estimate of drug-likeness (QED) is 0.835. The van der Waals surface area contributed by atoms with Crippen LogP contribution in [0, 0.1) is 0 Å². The fourth-order valence-electron chi connectivity index (χ4n) is 2.12. The number of hydrogen-bond donors (Lipinski definition) is 2. The molecule has 1 unspecified atom stereocenters. The van der Waals surface area contributed by atoms with Crippen LogP contribution < -0.4 is 16.5 Å². The van der Waals surface area contributed by atoms with E-state index in [1.54, 1.807) is 29.9 Å². The summed E-state index contributed by atoms with van der Waals surface area (Å²) in [5.74, 6) is -0.356. The molecule has 0 spiro atoms. The number of nitrogens with one attached hydrogen (secondary N) is 1. The molecule has 1 heterocycles. The third-order valence-electron chi connectivity index (χ3n) is 3.48. The Balaban J connectivity index is 2.62. The van der Waals surface area contributed by atoms with Gasteiger partial charge in [-0.3, -0.25) is 9.59 Å². The van der Waals surface area contributed by atoms with Crippen LogP contribution in [0.15, 0.2) is 29.2 Å². The summed E-state index contributed by atoms with van der Waals surface area (Å²) in [6, 6.07) is 5.29. The molecule has 0 aliphatic heterocycles. The molecule has 3 N–H and O–H groups in total. The summed E-state index contributed by atoms with van der Waals surface area (Å²) in [5.41, 5.74) is 6.79. The van der Waals surface area contributed by atoms with Crippen LogP contribution in [0.25, 0.3) is 10.9 Å². The van der Waals surface area contributed by atoms with E-state index >= 15 is 0 Å². The second-order valence-corrected chi connectivity index (χ2v) is 5.01. The van der Waals surface area contributed by atoms with Gasteiger partial charge in [-0.05, 0) is 25.5 Å². The lowest BCUT2D eigenvalue weighted by molar-refractivity contribution is 0.0937. The number of carbonyl (C=O) groups excluding carboxylic acids is 1. The fourth-order valence-corrected chi connectivity index (χ4v) is 2.12. The number of anilines is 1. The number of nitrogens with zero attached hydrogens (tertiary/aromatic N) is 1. The molecule has 2 rings (SSSR count). The number of aromatic nitrogens is 1. The SMILES string of the molecule is CCC(C)NC(=O)c1cn(C)c2cccc(N)c2c1=O. The molecule has 0 saturated carbocycles. The molecular weight excluding hydrogens is 254 g/mol. The Bertz CT molecular complexity index is 719. The van der Waals surface area contributed by atoms with Crippen LogP contribution in [0.4, 0.5) is 5.69 Å². The summed E-state index contributed by atoms with van der Waals surface area (Å²) in [4.78, 5) is 24.6. The second kappa shape index (κ2) is 5.36. The Hall–Kier alpha value is -2.30. The number of benzene rings is 1. The van der Waals surface area contributed by atoms with Crippen LogP contribution in [0.5, 0.6) is 0 Å². The highest BCUT2D eigenvalue weighted by Crippen LogP contribution is 2.17. The van der Waals surface area contributed by atoms with Crippen LogP contribution >= 0.6 is 0 Å². The summed E-state index contributed by atoms with van der Waals surface area (Å²) >= 11 is 0. The van der Waals surface area contributed by atoms with E-state index < -0.39 is 0 Å². The standard InChI is InChI=1S/C15H19N3O2/c1-4-9(2)17-15(20)10-8-18(3)12-7-5-6-11(16)13(12)14(10)19/h5-9H,4,16H2,1-3H3,(H,17,20). The van der Waals surface area contributed by atoms with Crippen molar-refractivity contribution >= 4 is 22.5 Å². The fraction of sp³-hybridized carbons (Fsp3) is 0.333. The predicted octanol–water partition coefficient (Wildman–Crippen LogP) is 1.65. The third-order valence-corrected chi connectivity index (χ3v) is 3.48. The lowest BCUT2D eigenvalue weighted by Gasteiger charge is -2.13. The summed E-state index contributed by atoms with van der Waals surface area (Å²) in [5, 5.41) is 3.20. The average molecular weight is 273 g/mol. The predicted molar refractivity (Wildman–Crippen MR) is 80.8 cm³/mol. The molecule has 5 nitrogen and oxygen atoms in total. The molecule has 0 radical (unpaired) electrons. The van der Waals surface area contributed by atoms with E-state index in [-0.39, 0.29) is 22.9 Å². The van der Waals surface area contributed by atoms with Gasteiger partial charge in [0.2, 0.25) is 5.43 Å². The van der Waals surface area contributed by atoms with Crippen molar-refractivity contribution in [3.63, 3.8) is 0 Å². The summed E-state index contributed by atoms with van der Waals surface area (Å²) < 4.78 is 1.75. The number of nitrogen functional groups attached to an aromatic ring is 1. The van der Waals surface area contributed by atoms with E-state index in [0.29, 0.717) is 11.1 Å². The molecule has 1 aromatic heterocycles. The summed E-state index contributed by atoms with van der Waals surface area (Å²) in [6.07, 6.45) is 2.36. The number of pyridine rings is 1. The van der Waals surface area contributed by atoms with Gasteiger partial charge in [-0.2, -0.15) is 0 Å². The first-order valence-electron chi connectivity index (χ1n) is 6.64.